The molecule has 0 N–H and O–H groups in total. The summed E-state index contributed by atoms with van der Waals surface area (Å²) >= 11 is 1.33. The molecule has 0 fully saturated rings. The topological polar surface area (TPSA) is 70.5 Å². The molecule has 5 aromatic rings. The molecule has 7 nitrogen and oxygen atoms in total. The van der Waals surface area contributed by atoms with Crippen molar-refractivity contribution in [2.24, 2.45) is 0 Å². The van der Waals surface area contributed by atoms with E-state index < -0.39 is 0 Å². The first-order chi connectivity index (χ1) is 15.6. The number of aryl methyl sites for hydroxylation is 1. The lowest BCUT2D eigenvalue weighted by atomic mass is 10.1. The van der Waals surface area contributed by atoms with E-state index in [0.717, 1.165) is 16.7 Å². The number of thiophene rings is 1. The van der Waals surface area contributed by atoms with Crippen LogP contribution in [-0.4, -0.2) is 25.4 Å². The summed E-state index contributed by atoms with van der Waals surface area (Å²) in [5.74, 6) is 1.04. The maximum atomic E-state index is 13.4. The number of aromatic nitrogens is 4. The second-order valence-electron chi connectivity index (χ2n) is 7.63. The molecular weight excluding hydrogens is 424 g/mol. The van der Waals surface area contributed by atoms with Crippen molar-refractivity contribution < 1.29 is 4.74 Å². The molecule has 5 rings (SSSR count). The van der Waals surface area contributed by atoms with Crippen LogP contribution in [0.25, 0.3) is 16.0 Å². The van der Waals surface area contributed by atoms with Gasteiger partial charge in [0.1, 0.15) is 10.4 Å². The van der Waals surface area contributed by atoms with Gasteiger partial charge < -0.3 is 4.74 Å². The molecule has 8 heteroatoms. The maximum absolute atomic E-state index is 13.4. The molecule has 0 bridgehead atoms. The molecule has 0 unspecified atom stereocenters. The number of benzene rings is 2. The fourth-order valence-electron chi connectivity index (χ4n) is 3.85. The standard InChI is InChI=1S/C24H22N4O3S/c1-3-31-20-7-5-4-6-18(20)15-26-22(29)21-19(12-13-32-21)28-23(26)25-27(24(28)30)14-17-10-8-16(2)9-11-17/h4-13H,3,14-15H2,1-2H3. The van der Waals surface area contributed by atoms with Crippen molar-refractivity contribution in [2.75, 3.05) is 6.61 Å². The van der Waals surface area contributed by atoms with Gasteiger partial charge in [0.15, 0.2) is 0 Å². The Hall–Kier alpha value is -3.65. The Morgan fingerprint density at radius 2 is 1.78 bits per heavy atom. The minimum atomic E-state index is -0.268. The van der Waals surface area contributed by atoms with Gasteiger partial charge in [0, 0.05) is 5.56 Å². The van der Waals surface area contributed by atoms with Crippen LogP contribution in [0.5, 0.6) is 5.75 Å². The highest BCUT2D eigenvalue weighted by molar-refractivity contribution is 7.17. The predicted molar refractivity (Wildman–Crippen MR) is 126 cm³/mol. The van der Waals surface area contributed by atoms with Gasteiger partial charge in [0.05, 0.1) is 25.2 Å². The second-order valence-corrected chi connectivity index (χ2v) is 8.54. The summed E-state index contributed by atoms with van der Waals surface area (Å²) in [6.45, 7) is 5.05. The van der Waals surface area contributed by atoms with E-state index in [0.29, 0.717) is 34.9 Å². The van der Waals surface area contributed by atoms with Crippen LogP contribution >= 0.6 is 11.3 Å². The normalized spacial score (nSPS) is 11.4. The fraction of sp³-hybridized carbons (Fsp3) is 0.208. The molecule has 0 amide bonds. The number of ether oxygens (including phenoxy) is 1. The zero-order chi connectivity index (χ0) is 22.2. The summed E-state index contributed by atoms with van der Waals surface area (Å²) in [5, 5.41) is 6.41. The first-order valence-electron chi connectivity index (χ1n) is 10.4. The van der Waals surface area contributed by atoms with Crippen LogP contribution in [0.1, 0.15) is 23.6 Å². The van der Waals surface area contributed by atoms with Crippen molar-refractivity contribution in [1.82, 2.24) is 18.7 Å². The quantitative estimate of drug-likeness (QED) is 0.399. The molecule has 0 aliphatic heterocycles. The average Bonchev–Trinajstić information content (AvgIpc) is 3.39. The van der Waals surface area contributed by atoms with Crippen molar-refractivity contribution in [3.8, 4) is 5.75 Å². The minimum absolute atomic E-state index is 0.165. The van der Waals surface area contributed by atoms with Crippen LogP contribution in [0.4, 0.5) is 0 Å². The van der Waals surface area contributed by atoms with Gasteiger partial charge in [-0.2, -0.15) is 0 Å². The molecule has 0 radical (unpaired) electrons. The Bertz CT molecular complexity index is 1540. The summed E-state index contributed by atoms with van der Waals surface area (Å²) in [4.78, 5) is 26.7. The molecule has 0 atom stereocenters. The third-order valence-electron chi connectivity index (χ3n) is 5.44. The van der Waals surface area contributed by atoms with Crippen LogP contribution in [0, 0.1) is 6.92 Å². The molecule has 0 saturated heterocycles. The number of hydrogen-bond acceptors (Lipinski definition) is 5. The van der Waals surface area contributed by atoms with E-state index >= 15 is 0 Å². The highest BCUT2D eigenvalue weighted by Gasteiger charge is 2.19. The van der Waals surface area contributed by atoms with Crippen LogP contribution in [0.15, 0.2) is 69.6 Å². The monoisotopic (exact) mass is 446 g/mol. The zero-order valence-electron chi connectivity index (χ0n) is 17.8. The summed E-state index contributed by atoms with van der Waals surface area (Å²) in [6, 6.07) is 17.4. The molecule has 0 saturated carbocycles. The second kappa shape index (κ2) is 8.12. The smallest absolute Gasteiger partial charge is 0.352 e. The average molecular weight is 447 g/mol. The molecule has 3 aromatic heterocycles. The van der Waals surface area contributed by atoms with E-state index in [1.807, 2.05) is 67.8 Å². The van der Waals surface area contributed by atoms with Crippen molar-refractivity contribution in [2.45, 2.75) is 26.9 Å². The number of rotatable bonds is 6. The minimum Gasteiger partial charge on any atom is -0.494 e. The Morgan fingerprint density at radius 3 is 2.56 bits per heavy atom. The third kappa shape index (κ3) is 3.42. The highest BCUT2D eigenvalue weighted by Crippen LogP contribution is 2.22. The van der Waals surface area contributed by atoms with Gasteiger partial charge >= 0.3 is 5.69 Å². The summed E-state index contributed by atoms with van der Waals surface area (Å²) in [7, 11) is 0. The lowest BCUT2D eigenvalue weighted by Crippen LogP contribution is -2.26. The zero-order valence-corrected chi connectivity index (χ0v) is 18.6. The largest absolute Gasteiger partial charge is 0.494 e. The molecule has 0 aliphatic rings. The van der Waals surface area contributed by atoms with Crippen molar-refractivity contribution >= 4 is 27.3 Å². The fourth-order valence-corrected chi connectivity index (χ4v) is 4.67. The number of fused-ring (bicyclic) bond motifs is 3. The Morgan fingerprint density at radius 1 is 1.00 bits per heavy atom. The van der Waals surface area contributed by atoms with Gasteiger partial charge in [0.2, 0.25) is 5.78 Å². The first kappa shape index (κ1) is 20.3. The van der Waals surface area contributed by atoms with Gasteiger partial charge in [-0.05, 0) is 36.9 Å². The predicted octanol–water partition coefficient (Wildman–Crippen LogP) is 3.68. The highest BCUT2D eigenvalue weighted by atomic mass is 32.1. The third-order valence-corrected chi connectivity index (χ3v) is 6.33. The van der Waals surface area contributed by atoms with Gasteiger partial charge in [-0.25, -0.2) is 13.9 Å². The summed E-state index contributed by atoms with van der Waals surface area (Å²) < 4.78 is 10.8. The summed E-state index contributed by atoms with van der Waals surface area (Å²) in [6.07, 6.45) is 0. The van der Waals surface area contributed by atoms with Crippen LogP contribution < -0.4 is 16.0 Å². The van der Waals surface area contributed by atoms with Crippen LogP contribution in [0.3, 0.4) is 0 Å². The molecule has 32 heavy (non-hydrogen) atoms. The maximum Gasteiger partial charge on any atom is 0.352 e. The van der Waals surface area contributed by atoms with Crippen LogP contribution in [-0.2, 0) is 13.1 Å². The van der Waals surface area contributed by atoms with E-state index in [1.165, 1.54) is 20.4 Å². The van der Waals surface area contributed by atoms with Crippen molar-refractivity contribution in [3.05, 3.63) is 97.5 Å². The van der Waals surface area contributed by atoms with Gasteiger partial charge in [0.25, 0.3) is 5.56 Å². The molecule has 162 valence electrons. The van der Waals surface area contributed by atoms with E-state index in [-0.39, 0.29) is 17.8 Å². The Balaban J connectivity index is 1.70. The van der Waals surface area contributed by atoms with E-state index in [4.69, 9.17) is 4.74 Å². The van der Waals surface area contributed by atoms with E-state index in [1.54, 1.807) is 10.6 Å². The lowest BCUT2D eigenvalue weighted by Gasteiger charge is -2.12. The Labute approximate surface area is 187 Å². The summed E-state index contributed by atoms with van der Waals surface area (Å²) in [5.41, 5.74) is 3.13. The lowest BCUT2D eigenvalue weighted by molar-refractivity contribution is 0.336. The van der Waals surface area contributed by atoms with Crippen LogP contribution in [0.2, 0.25) is 0 Å². The van der Waals surface area contributed by atoms with E-state index in [9.17, 15) is 9.59 Å². The molecule has 0 spiro atoms. The van der Waals surface area contributed by atoms with Crippen molar-refractivity contribution in [1.29, 1.82) is 0 Å². The van der Waals surface area contributed by atoms with Gasteiger partial charge in [-0.1, -0.05) is 48.0 Å². The van der Waals surface area contributed by atoms with E-state index in [2.05, 4.69) is 5.10 Å². The molecule has 2 aromatic carbocycles. The number of para-hydroxylation sites is 1. The first-order valence-corrected chi connectivity index (χ1v) is 11.3. The number of nitrogens with zero attached hydrogens (tertiary/aromatic N) is 4. The van der Waals surface area contributed by atoms with Gasteiger partial charge in [-0.15, -0.1) is 16.4 Å². The molecular formula is C24H22N4O3S. The Kier molecular flexibility index (Phi) is 5.14. The SMILES string of the molecule is CCOc1ccccc1Cn1c(=O)c2sccc2n2c(=O)n(Cc3ccc(C)cc3)nc12. The molecule has 0 aliphatic carbocycles. The number of hydrogen-bond donors (Lipinski definition) is 0. The molecule has 3 heterocycles. The van der Waals surface area contributed by atoms with Crippen molar-refractivity contribution in [3.63, 3.8) is 0 Å². The van der Waals surface area contributed by atoms with Gasteiger partial charge in [-0.3, -0.25) is 9.36 Å².